The second kappa shape index (κ2) is 6.63. The molecule has 2 aromatic heterocycles. The van der Waals surface area contributed by atoms with Gasteiger partial charge in [-0.2, -0.15) is 0 Å². The van der Waals surface area contributed by atoms with Crippen molar-refractivity contribution in [2.45, 2.75) is 47.6 Å². The lowest BCUT2D eigenvalue weighted by Gasteiger charge is -2.20. The van der Waals surface area contributed by atoms with E-state index in [0.717, 1.165) is 12.1 Å². The second-order valence-electron chi connectivity index (χ2n) is 7.04. The van der Waals surface area contributed by atoms with Gasteiger partial charge in [-0.25, -0.2) is 9.78 Å². The molecular weight excluding hydrogens is 308 g/mol. The van der Waals surface area contributed by atoms with Gasteiger partial charge >= 0.3 is 5.97 Å². The molecule has 0 radical (unpaired) electrons. The van der Waals surface area contributed by atoms with Crippen molar-refractivity contribution in [1.82, 2.24) is 9.55 Å². The van der Waals surface area contributed by atoms with Gasteiger partial charge in [0.05, 0.1) is 12.0 Å². The van der Waals surface area contributed by atoms with E-state index in [1.807, 2.05) is 6.92 Å². The van der Waals surface area contributed by atoms with E-state index in [9.17, 15) is 14.7 Å². The standard InChI is InChI=1S/C18H24N2O4/c1-6-24-17(23)13-14(21)12-8-7-11(2)19-15(12)20(16(13)22)10-9-18(3,4)5/h7-8,21H,6,9-10H2,1-5H3. The van der Waals surface area contributed by atoms with Gasteiger partial charge in [0, 0.05) is 12.2 Å². The van der Waals surface area contributed by atoms with Gasteiger partial charge in [0.2, 0.25) is 0 Å². The zero-order chi connectivity index (χ0) is 18.1. The smallest absolute Gasteiger partial charge is 0.347 e. The predicted octanol–water partition coefficient (Wildman–Crippen LogP) is 3.02. The first-order valence-electron chi connectivity index (χ1n) is 8.06. The van der Waals surface area contributed by atoms with Gasteiger partial charge in [-0.15, -0.1) is 0 Å². The van der Waals surface area contributed by atoms with E-state index in [4.69, 9.17) is 4.74 Å². The van der Waals surface area contributed by atoms with Crippen molar-refractivity contribution in [3.8, 4) is 5.75 Å². The molecule has 2 aromatic rings. The van der Waals surface area contributed by atoms with Crippen LogP contribution in [0.1, 0.15) is 50.2 Å². The summed E-state index contributed by atoms with van der Waals surface area (Å²) in [4.78, 5) is 29.3. The van der Waals surface area contributed by atoms with E-state index in [2.05, 4.69) is 25.8 Å². The molecule has 1 N–H and O–H groups in total. The number of carbonyl (C=O) groups is 1. The lowest BCUT2D eigenvalue weighted by atomic mass is 9.92. The Morgan fingerprint density at radius 1 is 1.33 bits per heavy atom. The molecule has 0 bridgehead atoms. The fourth-order valence-electron chi connectivity index (χ4n) is 2.44. The molecule has 0 saturated carbocycles. The molecule has 2 rings (SSSR count). The maximum absolute atomic E-state index is 12.8. The molecule has 0 saturated heterocycles. The zero-order valence-electron chi connectivity index (χ0n) is 14.8. The van der Waals surface area contributed by atoms with Crippen LogP contribution < -0.4 is 5.56 Å². The summed E-state index contributed by atoms with van der Waals surface area (Å²) in [5.41, 5.74) is 0.228. The Morgan fingerprint density at radius 3 is 2.58 bits per heavy atom. The third-order valence-corrected chi connectivity index (χ3v) is 3.79. The Balaban J connectivity index is 2.74. The Hall–Kier alpha value is -2.37. The van der Waals surface area contributed by atoms with Crippen LogP contribution >= 0.6 is 0 Å². The lowest BCUT2D eigenvalue weighted by molar-refractivity contribution is 0.0520. The number of carbonyl (C=O) groups excluding carboxylic acids is 1. The number of aromatic hydroxyl groups is 1. The van der Waals surface area contributed by atoms with E-state index < -0.39 is 11.5 Å². The number of ether oxygens (including phenoxy) is 1. The molecule has 0 aromatic carbocycles. The van der Waals surface area contributed by atoms with Crippen molar-refractivity contribution < 1.29 is 14.6 Å². The number of nitrogens with zero attached hydrogens (tertiary/aromatic N) is 2. The Kier molecular flexibility index (Phi) is 4.96. The van der Waals surface area contributed by atoms with Crippen molar-refractivity contribution in [3.05, 3.63) is 33.7 Å². The summed E-state index contributed by atoms with van der Waals surface area (Å²) in [6.45, 7) is 10.2. The minimum absolute atomic E-state index is 0.0115. The highest BCUT2D eigenvalue weighted by Crippen LogP contribution is 2.27. The van der Waals surface area contributed by atoms with Gasteiger partial charge in [0.15, 0.2) is 5.56 Å². The van der Waals surface area contributed by atoms with Crippen molar-refractivity contribution in [2.75, 3.05) is 6.61 Å². The average Bonchev–Trinajstić information content (AvgIpc) is 2.46. The quantitative estimate of drug-likeness (QED) is 0.870. The fraction of sp³-hybridized carbons (Fsp3) is 0.500. The Bertz CT molecular complexity index is 831. The minimum atomic E-state index is -0.813. The molecule has 24 heavy (non-hydrogen) atoms. The summed E-state index contributed by atoms with van der Waals surface area (Å²) >= 11 is 0. The summed E-state index contributed by atoms with van der Waals surface area (Å²) in [5, 5.41) is 10.8. The summed E-state index contributed by atoms with van der Waals surface area (Å²) in [5.74, 6) is -1.18. The van der Waals surface area contributed by atoms with E-state index in [-0.39, 0.29) is 23.3 Å². The van der Waals surface area contributed by atoms with Crippen molar-refractivity contribution >= 4 is 17.0 Å². The summed E-state index contributed by atoms with van der Waals surface area (Å²) in [6, 6.07) is 3.40. The molecule has 0 spiro atoms. The number of pyridine rings is 2. The van der Waals surface area contributed by atoms with Gasteiger partial charge in [0.1, 0.15) is 11.4 Å². The monoisotopic (exact) mass is 332 g/mol. The van der Waals surface area contributed by atoms with Crippen LogP contribution in [0.3, 0.4) is 0 Å². The van der Waals surface area contributed by atoms with Crippen LogP contribution in [0.4, 0.5) is 0 Å². The lowest BCUT2D eigenvalue weighted by Crippen LogP contribution is -2.29. The molecule has 0 fully saturated rings. The molecule has 0 unspecified atom stereocenters. The normalized spacial score (nSPS) is 11.7. The van der Waals surface area contributed by atoms with Gasteiger partial charge < -0.3 is 9.84 Å². The molecule has 0 aliphatic carbocycles. The third-order valence-electron chi connectivity index (χ3n) is 3.79. The van der Waals surface area contributed by atoms with Crippen molar-refractivity contribution in [3.63, 3.8) is 0 Å². The first-order valence-corrected chi connectivity index (χ1v) is 8.06. The van der Waals surface area contributed by atoms with E-state index in [0.29, 0.717) is 17.6 Å². The second-order valence-corrected chi connectivity index (χ2v) is 7.04. The Labute approximate surface area is 141 Å². The largest absolute Gasteiger partial charge is 0.506 e. The van der Waals surface area contributed by atoms with Gasteiger partial charge in [-0.05, 0) is 37.8 Å². The van der Waals surface area contributed by atoms with E-state index >= 15 is 0 Å². The molecule has 0 amide bonds. The predicted molar refractivity (Wildman–Crippen MR) is 92.4 cm³/mol. The number of fused-ring (bicyclic) bond motifs is 1. The van der Waals surface area contributed by atoms with Gasteiger partial charge in [-0.3, -0.25) is 9.36 Å². The average molecular weight is 332 g/mol. The highest BCUT2D eigenvalue weighted by atomic mass is 16.5. The maximum Gasteiger partial charge on any atom is 0.347 e. The Morgan fingerprint density at radius 2 is 2.00 bits per heavy atom. The van der Waals surface area contributed by atoms with Crippen LogP contribution in [0.25, 0.3) is 11.0 Å². The molecule has 0 atom stereocenters. The summed E-state index contributed by atoms with van der Waals surface area (Å²) in [6.07, 6.45) is 0.727. The highest BCUT2D eigenvalue weighted by Gasteiger charge is 2.24. The number of hydrogen-bond acceptors (Lipinski definition) is 5. The zero-order valence-corrected chi connectivity index (χ0v) is 14.8. The number of esters is 1. The van der Waals surface area contributed by atoms with Gasteiger partial charge in [-0.1, -0.05) is 20.8 Å². The topological polar surface area (TPSA) is 81.4 Å². The molecule has 0 aliphatic heterocycles. The number of rotatable bonds is 4. The highest BCUT2D eigenvalue weighted by molar-refractivity contribution is 5.98. The van der Waals surface area contributed by atoms with Crippen LogP contribution in [-0.4, -0.2) is 27.2 Å². The van der Waals surface area contributed by atoms with E-state index in [1.54, 1.807) is 19.1 Å². The van der Waals surface area contributed by atoms with Gasteiger partial charge in [0.25, 0.3) is 5.56 Å². The molecular formula is C18H24N2O4. The van der Waals surface area contributed by atoms with Crippen molar-refractivity contribution in [2.24, 2.45) is 5.41 Å². The van der Waals surface area contributed by atoms with Crippen LogP contribution in [0, 0.1) is 12.3 Å². The fourth-order valence-corrected chi connectivity index (χ4v) is 2.44. The third kappa shape index (κ3) is 3.58. The van der Waals surface area contributed by atoms with Crippen molar-refractivity contribution in [1.29, 1.82) is 0 Å². The molecule has 6 nitrogen and oxygen atoms in total. The molecule has 6 heteroatoms. The van der Waals surface area contributed by atoms with Crippen LogP contribution in [0.15, 0.2) is 16.9 Å². The first kappa shape index (κ1) is 18.0. The van der Waals surface area contributed by atoms with Crippen LogP contribution in [0.5, 0.6) is 5.75 Å². The van der Waals surface area contributed by atoms with E-state index in [1.165, 1.54) is 4.57 Å². The maximum atomic E-state index is 12.8. The number of hydrogen-bond donors (Lipinski definition) is 1. The molecule has 2 heterocycles. The number of aryl methyl sites for hydroxylation is 2. The molecule has 130 valence electrons. The summed E-state index contributed by atoms with van der Waals surface area (Å²) in [7, 11) is 0. The first-order chi connectivity index (χ1) is 11.2. The van der Waals surface area contributed by atoms with Crippen LogP contribution in [0.2, 0.25) is 0 Å². The SMILES string of the molecule is CCOC(=O)c1c(O)c2ccc(C)nc2n(CCC(C)(C)C)c1=O. The van der Waals surface area contributed by atoms with Crippen LogP contribution in [-0.2, 0) is 11.3 Å². The summed E-state index contributed by atoms with van der Waals surface area (Å²) < 4.78 is 6.39. The minimum Gasteiger partial charge on any atom is -0.506 e. The molecule has 0 aliphatic rings. The number of aromatic nitrogens is 2.